The van der Waals surface area contributed by atoms with Crippen molar-refractivity contribution in [1.82, 2.24) is 4.98 Å². The van der Waals surface area contributed by atoms with Gasteiger partial charge in [0.05, 0.1) is 6.61 Å². The van der Waals surface area contributed by atoms with E-state index in [-0.39, 0.29) is 6.61 Å². The minimum Gasteiger partial charge on any atom is -0.395 e. The number of aliphatic hydroxyl groups is 1. The van der Waals surface area contributed by atoms with Crippen molar-refractivity contribution in [2.24, 2.45) is 5.84 Å². The van der Waals surface area contributed by atoms with Crippen molar-refractivity contribution in [1.29, 1.82) is 0 Å². The Balaban J connectivity index is 2.79. The Morgan fingerprint density at radius 2 is 2.33 bits per heavy atom. The van der Waals surface area contributed by atoms with Crippen LogP contribution < -0.4 is 16.2 Å². The zero-order chi connectivity index (χ0) is 11.1. The highest BCUT2D eigenvalue weighted by atomic mass is 16.3. The summed E-state index contributed by atoms with van der Waals surface area (Å²) in [6.07, 6.45) is 2.73. The molecule has 0 saturated carbocycles. The molecule has 15 heavy (non-hydrogen) atoms. The number of hydrazine groups is 1. The normalized spacial score (nSPS) is 10.1. The largest absolute Gasteiger partial charge is 0.395 e. The van der Waals surface area contributed by atoms with Crippen LogP contribution in [0.5, 0.6) is 0 Å². The zero-order valence-electron chi connectivity index (χ0n) is 8.98. The van der Waals surface area contributed by atoms with Gasteiger partial charge in [0.1, 0.15) is 5.82 Å². The average molecular weight is 210 g/mol. The summed E-state index contributed by atoms with van der Waals surface area (Å²) in [5, 5.41) is 8.95. The third-order valence-electron chi connectivity index (χ3n) is 2.12. The Labute approximate surface area is 89.9 Å². The van der Waals surface area contributed by atoms with Crippen LogP contribution in [0.25, 0.3) is 0 Å². The number of anilines is 2. The lowest BCUT2D eigenvalue weighted by Crippen LogP contribution is -2.27. The highest BCUT2D eigenvalue weighted by molar-refractivity contribution is 5.53. The van der Waals surface area contributed by atoms with Crippen molar-refractivity contribution in [3.63, 3.8) is 0 Å². The van der Waals surface area contributed by atoms with Crippen LogP contribution in [0.15, 0.2) is 18.3 Å². The lowest BCUT2D eigenvalue weighted by molar-refractivity contribution is 0.302. The van der Waals surface area contributed by atoms with E-state index in [2.05, 4.69) is 22.2 Å². The van der Waals surface area contributed by atoms with E-state index in [0.717, 1.165) is 18.7 Å². The first-order valence-electron chi connectivity index (χ1n) is 5.10. The third-order valence-corrected chi connectivity index (χ3v) is 2.12. The Kier molecular flexibility index (Phi) is 4.86. The molecule has 0 spiro atoms. The van der Waals surface area contributed by atoms with E-state index < -0.39 is 0 Å². The quantitative estimate of drug-likeness (QED) is 0.473. The van der Waals surface area contributed by atoms with Crippen molar-refractivity contribution < 1.29 is 5.11 Å². The van der Waals surface area contributed by atoms with E-state index in [0.29, 0.717) is 12.4 Å². The number of hydrogen-bond donors (Lipinski definition) is 3. The lowest BCUT2D eigenvalue weighted by Gasteiger charge is -2.23. The van der Waals surface area contributed by atoms with Gasteiger partial charge in [-0.05, 0) is 12.5 Å². The van der Waals surface area contributed by atoms with Gasteiger partial charge in [0.15, 0.2) is 0 Å². The molecule has 0 unspecified atom stereocenters. The summed E-state index contributed by atoms with van der Waals surface area (Å²) in [5.41, 5.74) is 3.53. The van der Waals surface area contributed by atoms with Gasteiger partial charge in [-0.1, -0.05) is 6.92 Å². The molecule has 0 aliphatic rings. The minimum absolute atomic E-state index is 0.147. The predicted molar refractivity (Wildman–Crippen MR) is 61.6 cm³/mol. The standard InChI is InChI=1S/C10H18N4O/c1-2-5-14(6-7-15)9-3-4-12-10(8-9)13-11/h3-4,8,15H,2,5-7,11H2,1H3,(H,12,13). The van der Waals surface area contributed by atoms with E-state index in [1.807, 2.05) is 12.1 Å². The van der Waals surface area contributed by atoms with Crippen LogP contribution in [-0.2, 0) is 0 Å². The predicted octanol–water partition coefficient (Wildman–Crippen LogP) is 0.576. The zero-order valence-corrected chi connectivity index (χ0v) is 8.98. The van der Waals surface area contributed by atoms with Crippen molar-refractivity contribution >= 4 is 11.5 Å². The molecule has 0 aliphatic carbocycles. The van der Waals surface area contributed by atoms with Gasteiger partial charge < -0.3 is 15.4 Å². The molecule has 1 heterocycles. The molecule has 0 bridgehead atoms. The van der Waals surface area contributed by atoms with Crippen molar-refractivity contribution in [3.05, 3.63) is 18.3 Å². The van der Waals surface area contributed by atoms with Crippen LogP contribution >= 0.6 is 0 Å². The molecule has 84 valence electrons. The summed E-state index contributed by atoms with van der Waals surface area (Å²) < 4.78 is 0. The van der Waals surface area contributed by atoms with Gasteiger partial charge in [-0.15, -0.1) is 0 Å². The maximum Gasteiger partial charge on any atom is 0.141 e. The first kappa shape index (κ1) is 11.7. The number of rotatable bonds is 6. The van der Waals surface area contributed by atoms with Crippen molar-refractivity contribution in [2.75, 3.05) is 30.0 Å². The van der Waals surface area contributed by atoms with Crippen LogP contribution in [-0.4, -0.2) is 29.8 Å². The molecule has 0 fully saturated rings. The van der Waals surface area contributed by atoms with Crippen LogP contribution in [0, 0.1) is 0 Å². The number of aliphatic hydroxyl groups excluding tert-OH is 1. The summed E-state index contributed by atoms with van der Waals surface area (Å²) >= 11 is 0. The number of nitrogen functional groups attached to an aromatic ring is 1. The molecule has 1 aromatic rings. The van der Waals surface area contributed by atoms with Crippen LogP contribution in [0.1, 0.15) is 13.3 Å². The van der Waals surface area contributed by atoms with Crippen molar-refractivity contribution in [3.8, 4) is 0 Å². The Morgan fingerprint density at radius 3 is 2.93 bits per heavy atom. The average Bonchev–Trinajstić information content (AvgIpc) is 2.29. The maximum absolute atomic E-state index is 8.95. The smallest absolute Gasteiger partial charge is 0.141 e. The van der Waals surface area contributed by atoms with Gasteiger partial charge in [0, 0.05) is 31.0 Å². The Bertz CT molecular complexity index is 287. The molecular weight excluding hydrogens is 192 g/mol. The molecule has 0 saturated heterocycles. The Hall–Kier alpha value is -1.33. The molecule has 4 N–H and O–H groups in total. The number of nitrogens with zero attached hydrogens (tertiary/aromatic N) is 2. The monoisotopic (exact) mass is 210 g/mol. The number of pyridine rings is 1. The number of aromatic nitrogens is 1. The molecular formula is C10H18N4O. The number of hydrogen-bond acceptors (Lipinski definition) is 5. The van der Waals surface area contributed by atoms with Gasteiger partial charge in [0.2, 0.25) is 0 Å². The van der Waals surface area contributed by atoms with Crippen LogP contribution in [0.4, 0.5) is 11.5 Å². The van der Waals surface area contributed by atoms with Crippen LogP contribution in [0.3, 0.4) is 0 Å². The van der Waals surface area contributed by atoms with E-state index in [1.54, 1.807) is 6.20 Å². The second-order valence-electron chi connectivity index (χ2n) is 3.25. The van der Waals surface area contributed by atoms with E-state index in [4.69, 9.17) is 10.9 Å². The van der Waals surface area contributed by atoms with E-state index in [1.165, 1.54) is 0 Å². The van der Waals surface area contributed by atoms with Gasteiger partial charge in [-0.25, -0.2) is 10.8 Å². The van der Waals surface area contributed by atoms with Crippen LogP contribution in [0.2, 0.25) is 0 Å². The molecule has 1 rings (SSSR count). The van der Waals surface area contributed by atoms with Gasteiger partial charge >= 0.3 is 0 Å². The number of nitrogens with one attached hydrogen (secondary N) is 1. The van der Waals surface area contributed by atoms with Crippen molar-refractivity contribution in [2.45, 2.75) is 13.3 Å². The molecule has 5 heteroatoms. The number of nitrogens with two attached hydrogens (primary N) is 1. The minimum atomic E-state index is 0.147. The molecule has 5 nitrogen and oxygen atoms in total. The maximum atomic E-state index is 8.95. The summed E-state index contributed by atoms with van der Waals surface area (Å²) in [6.45, 7) is 3.79. The fraction of sp³-hybridized carbons (Fsp3) is 0.500. The summed E-state index contributed by atoms with van der Waals surface area (Å²) in [4.78, 5) is 6.13. The van der Waals surface area contributed by atoms with Gasteiger partial charge in [-0.3, -0.25) is 0 Å². The molecule has 0 aliphatic heterocycles. The summed E-state index contributed by atoms with van der Waals surface area (Å²) in [5.74, 6) is 5.92. The Morgan fingerprint density at radius 1 is 1.53 bits per heavy atom. The fourth-order valence-electron chi connectivity index (χ4n) is 1.46. The first-order valence-corrected chi connectivity index (χ1v) is 5.10. The molecule has 1 aromatic heterocycles. The van der Waals surface area contributed by atoms with E-state index >= 15 is 0 Å². The summed E-state index contributed by atoms with van der Waals surface area (Å²) in [7, 11) is 0. The highest BCUT2D eigenvalue weighted by Gasteiger charge is 2.05. The summed E-state index contributed by atoms with van der Waals surface area (Å²) in [6, 6.07) is 3.78. The van der Waals surface area contributed by atoms with Gasteiger partial charge in [0.25, 0.3) is 0 Å². The molecule has 0 atom stereocenters. The van der Waals surface area contributed by atoms with Gasteiger partial charge in [-0.2, -0.15) is 0 Å². The third kappa shape index (κ3) is 3.38. The fourth-order valence-corrected chi connectivity index (χ4v) is 1.46. The second-order valence-corrected chi connectivity index (χ2v) is 3.25. The SMILES string of the molecule is CCCN(CCO)c1ccnc(NN)c1. The molecule has 0 radical (unpaired) electrons. The highest BCUT2D eigenvalue weighted by Crippen LogP contribution is 2.16. The van der Waals surface area contributed by atoms with E-state index in [9.17, 15) is 0 Å². The molecule has 0 aromatic carbocycles. The first-order chi connectivity index (χ1) is 7.31. The second kappa shape index (κ2) is 6.21. The topological polar surface area (TPSA) is 74.4 Å². The lowest BCUT2D eigenvalue weighted by atomic mass is 10.3. The molecule has 0 amide bonds.